The van der Waals surface area contributed by atoms with Crippen LogP contribution in [0.1, 0.15) is 58.3 Å². The first-order chi connectivity index (χ1) is 10.7. The highest BCUT2D eigenvalue weighted by Gasteiger charge is 2.24. The molecule has 0 radical (unpaired) electrons. The Morgan fingerprint density at radius 1 is 1.09 bits per heavy atom. The predicted octanol–water partition coefficient (Wildman–Crippen LogP) is 3.39. The van der Waals surface area contributed by atoms with Crippen molar-refractivity contribution in [1.29, 1.82) is 0 Å². The van der Waals surface area contributed by atoms with Crippen LogP contribution in [0.3, 0.4) is 0 Å². The van der Waals surface area contributed by atoms with Crippen LogP contribution in [-0.4, -0.2) is 55.3 Å². The Bertz CT molecular complexity index is 372. The average molecular weight is 328 g/mol. The number of nitrogens with zero attached hydrogens (tertiary/aromatic N) is 1. The van der Waals surface area contributed by atoms with Gasteiger partial charge in [0.25, 0.3) is 0 Å². The zero-order valence-corrected chi connectivity index (χ0v) is 15.2. The van der Waals surface area contributed by atoms with Gasteiger partial charge in [-0.25, -0.2) is 0 Å². The van der Waals surface area contributed by atoms with Crippen molar-refractivity contribution in [3.63, 3.8) is 0 Å². The van der Waals surface area contributed by atoms with Crippen molar-refractivity contribution in [1.82, 2.24) is 0 Å². The van der Waals surface area contributed by atoms with E-state index in [0.717, 1.165) is 6.42 Å². The minimum absolute atomic E-state index is 0.144. The van der Waals surface area contributed by atoms with Crippen LogP contribution in [0.4, 0.5) is 0 Å². The fraction of sp³-hybridized carbons (Fsp3) is 0.778. The summed E-state index contributed by atoms with van der Waals surface area (Å²) in [5.41, 5.74) is 0. The summed E-state index contributed by atoms with van der Waals surface area (Å²) in [6.07, 6.45) is 10.4. The molecule has 0 aromatic heterocycles. The van der Waals surface area contributed by atoms with Crippen molar-refractivity contribution in [2.45, 2.75) is 64.4 Å². The van der Waals surface area contributed by atoms with E-state index in [1.807, 2.05) is 27.2 Å². The van der Waals surface area contributed by atoms with Crippen molar-refractivity contribution < 1.29 is 23.9 Å². The Hall–Kier alpha value is -1.36. The van der Waals surface area contributed by atoms with Gasteiger partial charge in [0, 0.05) is 6.42 Å². The van der Waals surface area contributed by atoms with Gasteiger partial charge in [0.05, 0.1) is 27.6 Å². The average Bonchev–Trinajstić information content (AvgIpc) is 2.39. The number of esters is 1. The molecule has 0 aromatic carbocycles. The van der Waals surface area contributed by atoms with Crippen LogP contribution >= 0.6 is 0 Å². The maximum absolute atomic E-state index is 11.8. The molecule has 0 spiro atoms. The number of carboxylic acids is 1. The molecule has 1 N–H and O–H groups in total. The Kier molecular flexibility index (Phi) is 11.4. The van der Waals surface area contributed by atoms with E-state index in [0.29, 0.717) is 23.9 Å². The van der Waals surface area contributed by atoms with E-state index in [1.54, 1.807) is 0 Å². The third-order valence-corrected chi connectivity index (χ3v) is 3.36. The van der Waals surface area contributed by atoms with Crippen molar-refractivity contribution in [2.24, 2.45) is 0 Å². The molecule has 0 saturated heterocycles. The number of quaternary nitrogens is 1. The quantitative estimate of drug-likeness (QED) is 0.244. The molecule has 0 rings (SSSR count). The maximum Gasteiger partial charge on any atom is 0.307 e. The normalized spacial score (nSPS) is 13.2. The summed E-state index contributed by atoms with van der Waals surface area (Å²) < 4.78 is 5.89. The molecule has 0 saturated carbocycles. The van der Waals surface area contributed by atoms with Gasteiger partial charge >= 0.3 is 11.9 Å². The van der Waals surface area contributed by atoms with Crippen molar-refractivity contribution in [2.75, 3.05) is 27.7 Å². The van der Waals surface area contributed by atoms with E-state index in [4.69, 9.17) is 9.84 Å². The van der Waals surface area contributed by atoms with E-state index in [9.17, 15) is 9.59 Å². The monoisotopic (exact) mass is 328 g/mol. The highest BCUT2D eigenvalue weighted by atomic mass is 16.5. The summed E-state index contributed by atoms with van der Waals surface area (Å²) >= 11 is 0. The Morgan fingerprint density at radius 2 is 1.74 bits per heavy atom. The maximum atomic E-state index is 11.8. The van der Waals surface area contributed by atoms with E-state index >= 15 is 0 Å². The second-order valence-corrected chi connectivity index (χ2v) is 7.04. The zero-order chi connectivity index (χ0) is 17.7. The van der Waals surface area contributed by atoms with E-state index in [2.05, 4.69) is 13.0 Å². The standard InChI is InChI=1S/C18H33NO4/c1-5-6-7-8-9-10-11-12-13-18(22)23-16(14-17(20)21)15-19(2,3)4/h10-11,16H,5-9,12-15H2,1-4H3/p+1/b11-10+. The number of unbranched alkanes of at least 4 members (excludes halogenated alkanes) is 4. The number of carbonyl (C=O) groups is 2. The molecule has 1 atom stereocenters. The van der Waals surface area contributed by atoms with Gasteiger partial charge in [-0.3, -0.25) is 9.59 Å². The molecule has 0 aliphatic rings. The Morgan fingerprint density at radius 3 is 2.30 bits per heavy atom. The molecule has 5 heteroatoms. The van der Waals surface area contributed by atoms with Gasteiger partial charge in [-0.1, -0.05) is 38.3 Å². The van der Waals surface area contributed by atoms with Crippen LogP contribution in [0.2, 0.25) is 0 Å². The molecule has 0 heterocycles. The van der Waals surface area contributed by atoms with Crippen LogP contribution in [0.15, 0.2) is 12.2 Å². The Balaban J connectivity index is 4.03. The molecule has 0 amide bonds. The van der Waals surface area contributed by atoms with Gasteiger partial charge in [-0.2, -0.15) is 0 Å². The third-order valence-electron chi connectivity index (χ3n) is 3.36. The van der Waals surface area contributed by atoms with Gasteiger partial charge in [-0.15, -0.1) is 0 Å². The number of aliphatic carboxylic acids is 1. The predicted molar refractivity (Wildman–Crippen MR) is 92.2 cm³/mol. The first-order valence-electron chi connectivity index (χ1n) is 8.61. The molecule has 0 aromatic rings. The van der Waals surface area contributed by atoms with Crippen molar-refractivity contribution in [3.05, 3.63) is 12.2 Å². The largest absolute Gasteiger partial charge is 0.481 e. The molecule has 5 nitrogen and oxygen atoms in total. The summed E-state index contributed by atoms with van der Waals surface area (Å²) in [5, 5.41) is 8.92. The van der Waals surface area contributed by atoms with Gasteiger partial charge in [-0.05, 0) is 19.3 Å². The van der Waals surface area contributed by atoms with Gasteiger partial charge < -0.3 is 14.3 Å². The summed E-state index contributed by atoms with van der Waals surface area (Å²) in [7, 11) is 5.85. The van der Waals surface area contributed by atoms with E-state index in [-0.39, 0.29) is 12.4 Å². The molecule has 134 valence electrons. The number of hydrogen-bond donors (Lipinski definition) is 1. The van der Waals surface area contributed by atoms with E-state index < -0.39 is 12.1 Å². The lowest BCUT2D eigenvalue weighted by Gasteiger charge is -2.28. The summed E-state index contributed by atoms with van der Waals surface area (Å²) in [4.78, 5) is 22.7. The Labute approximate surface area is 140 Å². The second kappa shape index (κ2) is 12.1. The molecule has 0 fully saturated rings. The van der Waals surface area contributed by atoms with Crippen LogP contribution in [0, 0.1) is 0 Å². The number of allylic oxidation sites excluding steroid dienone is 2. The number of carbonyl (C=O) groups excluding carboxylic acids is 1. The zero-order valence-electron chi connectivity index (χ0n) is 15.2. The smallest absolute Gasteiger partial charge is 0.307 e. The number of hydrogen-bond acceptors (Lipinski definition) is 3. The van der Waals surface area contributed by atoms with E-state index in [1.165, 1.54) is 25.7 Å². The minimum atomic E-state index is -0.941. The van der Waals surface area contributed by atoms with Gasteiger partial charge in [0.1, 0.15) is 6.54 Å². The third kappa shape index (κ3) is 15.3. The SMILES string of the molecule is CCCCCC/C=C/CCC(=O)OC(CC(=O)O)C[N+](C)(C)C. The van der Waals surface area contributed by atoms with Crippen molar-refractivity contribution >= 4 is 11.9 Å². The second-order valence-electron chi connectivity index (χ2n) is 7.04. The highest BCUT2D eigenvalue weighted by Crippen LogP contribution is 2.08. The first-order valence-corrected chi connectivity index (χ1v) is 8.61. The number of ether oxygens (including phenoxy) is 1. The number of carboxylic acid groups (broad SMARTS) is 1. The first kappa shape index (κ1) is 21.6. The summed E-state index contributed by atoms with van der Waals surface area (Å²) in [6.45, 7) is 2.68. The fourth-order valence-corrected chi connectivity index (χ4v) is 2.32. The van der Waals surface area contributed by atoms with Crippen LogP contribution in [0.5, 0.6) is 0 Å². The lowest BCUT2D eigenvalue weighted by Crippen LogP contribution is -2.43. The van der Waals surface area contributed by atoms with Gasteiger partial charge in [0.15, 0.2) is 6.10 Å². The topological polar surface area (TPSA) is 63.6 Å². The molecule has 0 bridgehead atoms. The summed E-state index contributed by atoms with van der Waals surface area (Å²) in [6, 6.07) is 0. The van der Waals surface area contributed by atoms with Crippen LogP contribution in [-0.2, 0) is 14.3 Å². The molecule has 0 aliphatic heterocycles. The highest BCUT2D eigenvalue weighted by molar-refractivity contribution is 5.71. The fourth-order valence-electron chi connectivity index (χ4n) is 2.32. The van der Waals surface area contributed by atoms with Crippen LogP contribution in [0.25, 0.3) is 0 Å². The van der Waals surface area contributed by atoms with Crippen molar-refractivity contribution in [3.8, 4) is 0 Å². The molecular formula is C18H34NO4+. The molecule has 0 aliphatic carbocycles. The number of likely N-dealkylation sites (N-methyl/N-ethyl adjacent to an activating group) is 1. The summed E-state index contributed by atoms with van der Waals surface area (Å²) in [5.74, 6) is -1.26. The van der Waals surface area contributed by atoms with Crippen LogP contribution < -0.4 is 0 Å². The minimum Gasteiger partial charge on any atom is -0.481 e. The number of rotatable bonds is 13. The lowest BCUT2D eigenvalue weighted by atomic mass is 10.1. The lowest BCUT2D eigenvalue weighted by molar-refractivity contribution is -0.873. The van der Waals surface area contributed by atoms with Gasteiger partial charge in [0.2, 0.25) is 0 Å². The molecule has 23 heavy (non-hydrogen) atoms. The molecular weight excluding hydrogens is 294 g/mol. The molecule has 1 unspecified atom stereocenters.